The third-order valence-electron chi connectivity index (χ3n) is 9.65. The lowest BCUT2D eigenvalue weighted by Crippen LogP contribution is -2.63. The molecule has 2 fully saturated rings. The molecule has 3 amide bonds. The molecule has 0 saturated carbocycles. The Kier molecular flexibility index (Phi) is 13.9. The Bertz CT molecular complexity index is 1770. The second-order valence-electron chi connectivity index (χ2n) is 13.4. The van der Waals surface area contributed by atoms with Crippen LogP contribution in [0.2, 0.25) is 0 Å². The Balaban J connectivity index is 1.67. The number of methoxy groups -OCH3 is 1. The molecule has 18 heteroatoms. The molecule has 0 aliphatic carbocycles. The summed E-state index contributed by atoms with van der Waals surface area (Å²) in [4.78, 5) is 43.0. The predicted octanol–water partition coefficient (Wildman–Crippen LogP) is -1.40. The van der Waals surface area contributed by atoms with Gasteiger partial charge in [0.15, 0.2) is 6.23 Å². The monoisotopic (exact) mass is 762 g/mol. The molecule has 2 heterocycles. The molecule has 292 valence electrons. The van der Waals surface area contributed by atoms with Gasteiger partial charge in [-0.25, -0.2) is 8.42 Å². The van der Waals surface area contributed by atoms with E-state index in [0.717, 1.165) is 19.3 Å². The number of sulfonamides is 1. The first-order valence-corrected chi connectivity index (χ1v) is 18.8. The minimum Gasteiger partial charge on any atom is -0.496 e. The SMILES string of the molecule is COc1cc(C)c(S(=O)(=O)N[C@@H](CC(=O)N[C@@H]2O[C@H](CO)[C@H](O)[C@H](O)[C@H]2O)C(=O)N[C@H](Cc2ccc(C(=N)N)cc2)C(=O)N2CCCCC2)c(C)c1C. The van der Waals surface area contributed by atoms with Crippen molar-refractivity contribution in [3.63, 3.8) is 0 Å². The molecule has 17 nitrogen and oxygen atoms in total. The van der Waals surface area contributed by atoms with Gasteiger partial charge in [0.2, 0.25) is 27.7 Å². The second kappa shape index (κ2) is 17.8. The van der Waals surface area contributed by atoms with Gasteiger partial charge in [0.1, 0.15) is 48.1 Å². The van der Waals surface area contributed by atoms with Crippen LogP contribution < -0.4 is 25.8 Å². The van der Waals surface area contributed by atoms with E-state index >= 15 is 0 Å². The summed E-state index contributed by atoms with van der Waals surface area (Å²) in [5.74, 6) is -2.12. The Labute approximate surface area is 308 Å². The van der Waals surface area contributed by atoms with E-state index in [-0.39, 0.29) is 17.2 Å². The number of nitrogen functional groups attached to an aromatic ring is 1. The number of aliphatic hydroxyl groups is 4. The summed E-state index contributed by atoms with van der Waals surface area (Å²) in [6, 6.07) is 5.05. The maximum atomic E-state index is 14.2. The first-order chi connectivity index (χ1) is 25.0. The van der Waals surface area contributed by atoms with Gasteiger partial charge < -0.3 is 51.2 Å². The average molecular weight is 763 g/mol. The Morgan fingerprint density at radius 1 is 1.00 bits per heavy atom. The number of aliphatic hydroxyl groups excluding tert-OH is 4. The van der Waals surface area contributed by atoms with Crippen LogP contribution in [0.4, 0.5) is 0 Å². The number of rotatable bonds is 14. The van der Waals surface area contributed by atoms with Crippen LogP contribution in [-0.4, -0.2) is 127 Å². The highest BCUT2D eigenvalue weighted by atomic mass is 32.2. The summed E-state index contributed by atoms with van der Waals surface area (Å²) in [5, 5.41) is 53.0. The number of nitrogens with one attached hydrogen (secondary N) is 4. The van der Waals surface area contributed by atoms with Crippen LogP contribution in [0, 0.1) is 26.2 Å². The molecule has 53 heavy (non-hydrogen) atoms. The van der Waals surface area contributed by atoms with Crippen molar-refractivity contribution in [1.82, 2.24) is 20.3 Å². The normalized spacial score (nSPS) is 23.1. The number of ether oxygens (including phenoxy) is 2. The van der Waals surface area contributed by atoms with Crippen LogP contribution in [0.25, 0.3) is 0 Å². The predicted molar refractivity (Wildman–Crippen MR) is 191 cm³/mol. The van der Waals surface area contributed by atoms with Crippen molar-refractivity contribution in [1.29, 1.82) is 5.41 Å². The molecule has 4 rings (SSSR count). The molecular weight excluding hydrogens is 712 g/mol. The summed E-state index contributed by atoms with van der Waals surface area (Å²) in [6.07, 6.45) is -6.72. The van der Waals surface area contributed by atoms with Crippen LogP contribution >= 0.6 is 0 Å². The minimum atomic E-state index is -4.54. The standard InChI is InChI=1S/C35H50N6O11S/c1-18-14-25(51-4)19(2)20(3)31(18)53(49,50)40-23(16-27(43)39-34-30(46)29(45)28(44)26(17-42)52-34)33(47)38-24(35(48)41-12-6-5-7-13-41)15-21-8-10-22(11-9-21)32(36)37/h8-11,14,23-24,26,28-30,34,40,42,44-46H,5-7,12-13,15-17H2,1-4H3,(H3,36,37)(H,38,47)(H,39,43)/t23-,24+,26+,28-,29-,30+,34+/m0/s1. The molecular formula is C35H50N6O11S. The van der Waals surface area contributed by atoms with Crippen LogP contribution in [0.1, 0.15) is 53.5 Å². The van der Waals surface area contributed by atoms with E-state index in [0.29, 0.717) is 46.7 Å². The fourth-order valence-electron chi connectivity index (χ4n) is 6.57. The molecule has 2 aliphatic heterocycles. The summed E-state index contributed by atoms with van der Waals surface area (Å²) in [7, 11) is -3.09. The number of nitrogens with two attached hydrogens (primary N) is 1. The van der Waals surface area contributed by atoms with Gasteiger partial charge in [-0.15, -0.1) is 0 Å². The molecule has 2 saturated heterocycles. The first kappa shape index (κ1) is 41.6. The van der Waals surface area contributed by atoms with Gasteiger partial charge >= 0.3 is 0 Å². The molecule has 2 aromatic rings. The molecule has 0 unspecified atom stereocenters. The maximum Gasteiger partial charge on any atom is 0.245 e. The maximum absolute atomic E-state index is 14.2. The number of likely N-dealkylation sites (tertiary alicyclic amines) is 1. The first-order valence-electron chi connectivity index (χ1n) is 17.3. The molecule has 0 spiro atoms. The Morgan fingerprint density at radius 3 is 2.23 bits per heavy atom. The van der Waals surface area contributed by atoms with Crippen molar-refractivity contribution in [2.45, 2.75) is 100 Å². The summed E-state index contributed by atoms with van der Waals surface area (Å²) in [5.41, 5.74) is 7.83. The largest absolute Gasteiger partial charge is 0.496 e. The van der Waals surface area contributed by atoms with E-state index in [2.05, 4.69) is 15.4 Å². The molecule has 0 aromatic heterocycles. The van der Waals surface area contributed by atoms with Gasteiger partial charge in [-0.3, -0.25) is 19.8 Å². The number of piperidine rings is 1. The number of carbonyl (C=O) groups is 3. The number of amides is 3. The number of amidine groups is 1. The third kappa shape index (κ3) is 9.88. The lowest BCUT2D eigenvalue weighted by atomic mass is 9.98. The van der Waals surface area contributed by atoms with Crippen molar-refractivity contribution < 1.29 is 52.7 Å². The second-order valence-corrected chi connectivity index (χ2v) is 15.1. The van der Waals surface area contributed by atoms with Crippen molar-refractivity contribution in [3.8, 4) is 5.75 Å². The number of hydrogen-bond donors (Lipinski definition) is 9. The highest BCUT2D eigenvalue weighted by Gasteiger charge is 2.44. The Hall–Kier alpha value is -4.17. The highest BCUT2D eigenvalue weighted by molar-refractivity contribution is 7.89. The van der Waals surface area contributed by atoms with E-state index in [1.807, 2.05) is 0 Å². The van der Waals surface area contributed by atoms with Gasteiger partial charge in [-0.05, 0) is 68.4 Å². The summed E-state index contributed by atoms with van der Waals surface area (Å²) >= 11 is 0. The zero-order valence-corrected chi connectivity index (χ0v) is 31.0. The topological polar surface area (TPSA) is 274 Å². The molecule has 7 atom stereocenters. The number of hydrogen-bond acceptors (Lipinski definition) is 12. The van der Waals surface area contributed by atoms with E-state index in [9.17, 15) is 43.2 Å². The number of aryl methyl sites for hydroxylation is 1. The smallest absolute Gasteiger partial charge is 0.245 e. The lowest BCUT2D eigenvalue weighted by molar-refractivity contribution is -0.236. The molecule has 2 aromatic carbocycles. The fourth-order valence-corrected chi connectivity index (χ4v) is 8.29. The van der Waals surface area contributed by atoms with Gasteiger partial charge in [0.25, 0.3) is 0 Å². The van der Waals surface area contributed by atoms with Gasteiger partial charge in [0, 0.05) is 25.1 Å². The minimum absolute atomic E-state index is 0.00825. The van der Waals surface area contributed by atoms with E-state index in [4.69, 9.17) is 20.6 Å². The zero-order chi connectivity index (χ0) is 39.2. The third-order valence-corrected chi connectivity index (χ3v) is 11.4. The summed E-state index contributed by atoms with van der Waals surface area (Å²) < 4.78 is 41.2. The summed E-state index contributed by atoms with van der Waals surface area (Å²) in [6.45, 7) is 4.96. The van der Waals surface area contributed by atoms with Crippen molar-refractivity contribution >= 4 is 33.6 Å². The van der Waals surface area contributed by atoms with Crippen LogP contribution in [0.15, 0.2) is 35.2 Å². The van der Waals surface area contributed by atoms with Gasteiger partial charge in [0.05, 0.1) is 25.0 Å². The molecule has 0 bridgehead atoms. The molecule has 2 aliphatic rings. The van der Waals surface area contributed by atoms with Crippen LogP contribution in [0.5, 0.6) is 5.75 Å². The quantitative estimate of drug-likeness (QED) is 0.0794. The zero-order valence-electron chi connectivity index (χ0n) is 30.2. The highest BCUT2D eigenvalue weighted by Crippen LogP contribution is 2.31. The van der Waals surface area contributed by atoms with Crippen LogP contribution in [-0.2, 0) is 35.6 Å². The molecule has 0 radical (unpaired) electrons. The van der Waals surface area contributed by atoms with E-state index < -0.39 is 83.5 Å². The average Bonchev–Trinajstić information content (AvgIpc) is 3.12. The van der Waals surface area contributed by atoms with Gasteiger partial charge in [-0.1, -0.05) is 24.3 Å². The number of nitrogens with zero attached hydrogens (tertiary/aromatic N) is 1. The van der Waals surface area contributed by atoms with Crippen molar-refractivity contribution in [2.75, 3.05) is 26.8 Å². The van der Waals surface area contributed by atoms with Crippen LogP contribution in [0.3, 0.4) is 0 Å². The number of benzene rings is 2. The van der Waals surface area contributed by atoms with E-state index in [1.165, 1.54) is 13.2 Å². The van der Waals surface area contributed by atoms with Crippen molar-refractivity contribution in [2.24, 2.45) is 5.73 Å². The van der Waals surface area contributed by atoms with E-state index in [1.54, 1.807) is 49.9 Å². The molecule has 10 N–H and O–H groups in total. The van der Waals surface area contributed by atoms with Gasteiger partial charge in [-0.2, -0.15) is 4.72 Å². The fraction of sp³-hybridized carbons (Fsp3) is 0.543. The Morgan fingerprint density at radius 2 is 1.64 bits per heavy atom. The number of carbonyl (C=O) groups excluding carboxylic acids is 3. The van der Waals surface area contributed by atoms with Crippen molar-refractivity contribution in [3.05, 3.63) is 58.1 Å². The lowest BCUT2D eigenvalue weighted by Gasteiger charge is -2.40.